The molecule has 0 atom stereocenters. The lowest BCUT2D eigenvalue weighted by Crippen LogP contribution is -2.19. The maximum atomic E-state index is 15.4. The van der Waals surface area contributed by atoms with Crippen molar-refractivity contribution in [3.05, 3.63) is 87.0 Å². The van der Waals surface area contributed by atoms with E-state index in [1.807, 2.05) is 32.0 Å². The first kappa shape index (κ1) is 37.7. The molecule has 0 bridgehead atoms. The normalized spacial score (nSPS) is 13.6. The molecule has 0 saturated heterocycles. The number of aromatic hydroxyl groups is 1. The molecule has 46 heavy (non-hydrogen) atoms. The summed E-state index contributed by atoms with van der Waals surface area (Å²) in [5.74, 6) is 1.34. The third-order valence-electron chi connectivity index (χ3n) is 8.84. The molecule has 0 aliphatic heterocycles. The van der Waals surface area contributed by atoms with Gasteiger partial charge in [0.1, 0.15) is 17.2 Å². The maximum Gasteiger partial charge on any atom is 0.435 e. The molecule has 3 aromatic rings. The Morgan fingerprint density at radius 1 is 0.565 bits per heavy atom. The fourth-order valence-electron chi connectivity index (χ4n) is 5.73. The molecule has 0 aliphatic rings. The van der Waals surface area contributed by atoms with E-state index in [1.54, 1.807) is 0 Å². The zero-order valence-corrected chi connectivity index (χ0v) is 32.8. The van der Waals surface area contributed by atoms with Crippen molar-refractivity contribution >= 4 is 7.60 Å². The molecule has 0 saturated carbocycles. The van der Waals surface area contributed by atoms with Crippen molar-refractivity contribution in [2.75, 3.05) is 0 Å². The highest BCUT2D eigenvalue weighted by Crippen LogP contribution is 2.56. The van der Waals surface area contributed by atoms with Gasteiger partial charge in [0.25, 0.3) is 0 Å². The van der Waals surface area contributed by atoms with E-state index in [9.17, 15) is 5.11 Å². The summed E-state index contributed by atoms with van der Waals surface area (Å²) in [5.41, 5.74) is 6.70. The van der Waals surface area contributed by atoms with Gasteiger partial charge in [-0.25, -0.2) is 4.57 Å². The molecule has 0 radical (unpaired) electrons. The summed E-state index contributed by atoms with van der Waals surface area (Å²) in [5, 5.41) is 11.4. The van der Waals surface area contributed by atoms with Crippen LogP contribution in [0.15, 0.2) is 42.5 Å². The minimum Gasteiger partial charge on any atom is -0.507 e. The van der Waals surface area contributed by atoms with Crippen LogP contribution in [0.4, 0.5) is 0 Å². The molecule has 0 heterocycles. The van der Waals surface area contributed by atoms with Gasteiger partial charge in [-0.2, -0.15) is 0 Å². The monoisotopic (exact) mass is 648 g/mol. The molecule has 3 aromatic carbocycles. The Bertz CT molecular complexity index is 1550. The first-order valence-corrected chi connectivity index (χ1v) is 18.4. The van der Waals surface area contributed by atoms with E-state index in [4.69, 9.17) is 9.05 Å². The van der Waals surface area contributed by atoms with Crippen LogP contribution in [0.2, 0.25) is 0 Å². The van der Waals surface area contributed by atoms with Crippen molar-refractivity contribution in [3.63, 3.8) is 0 Å². The van der Waals surface area contributed by atoms with E-state index in [0.717, 1.165) is 27.8 Å². The van der Waals surface area contributed by atoms with Gasteiger partial charge >= 0.3 is 7.60 Å². The topological polar surface area (TPSA) is 55.8 Å². The van der Waals surface area contributed by atoms with Gasteiger partial charge in [0, 0.05) is 11.1 Å². The average Bonchev–Trinajstić information content (AvgIpc) is 2.86. The summed E-state index contributed by atoms with van der Waals surface area (Å²) in [4.78, 5) is 0. The van der Waals surface area contributed by atoms with Gasteiger partial charge < -0.3 is 14.2 Å². The van der Waals surface area contributed by atoms with Gasteiger partial charge in [0.2, 0.25) is 0 Å². The number of phenolic OH excluding ortho intramolecular Hbond substituents is 1. The summed E-state index contributed by atoms with van der Waals surface area (Å²) < 4.78 is 28.8. The highest BCUT2D eigenvalue weighted by molar-refractivity contribution is 7.53. The van der Waals surface area contributed by atoms with Crippen LogP contribution in [0.1, 0.15) is 148 Å². The Hall–Kier alpha value is -2.71. The first-order chi connectivity index (χ1) is 20.5. The van der Waals surface area contributed by atoms with Gasteiger partial charge in [-0.1, -0.05) is 134 Å². The molecule has 1 N–H and O–H groups in total. The Labute approximate surface area is 280 Å². The number of benzene rings is 3. The van der Waals surface area contributed by atoms with Crippen LogP contribution in [-0.4, -0.2) is 5.11 Å². The molecular weight excluding hydrogens is 587 g/mol. The van der Waals surface area contributed by atoms with E-state index >= 15 is 4.57 Å². The highest BCUT2D eigenvalue weighted by atomic mass is 31.2. The minimum atomic E-state index is -3.93. The fraction of sp³-hybridized carbons (Fsp3) is 0.561. The lowest BCUT2D eigenvalue weighted by atomic mass is 9.80. The van der Waals surface area contributed by atoms with Crippen molar-refractivity contribution in [1.29, 1.82) is 0 Å². The maximum absolute atomic E-state index is 15.4. The second-order valence-corrected chi connectivity index (χ2v) is 20.2. The molecule has 4 nitrogen and oxygen atoms in total. The summed E-state index contributed by atoms with van der Waals surface area (Å²) in [6.45, 7) is 36.2. The number of hydrogen-bond acceptors (Lipinski definition) is 4. The fourth-order valence-corrected chi connectivity index (χ4v) is 7.69. The number of phenols is 1. The second kappa shape index (κ2) is 12.4. The molecule has 0 unspecified atom stereocenters. The summed E-state index contributed by atoms with van der Waals surface area (Å²) in [7, 11) is -3.93. The molecule has 0 amide bonds. The van der Waals surface area contributed by atoms with Gasteiger partial charge in [0.15, 0.2) is 0 Å². The summed E-state index contributed by atoms with van der Waals surface area (Å²) in [6.07, 6.45) is 0.0118. The Morgan fingerprint density at radius 3 is 1.26 bits per heavy atom. The largest absolute Gasteiger partial charge is 0.507 e. The van der Waals surface area contributed by atoms with Crippen molar-refractivity contribution < 1.29 is 18.7 Å². The van der Waals surface area contributed by atoms with E-state index < -0.39 is 7.60 Å². The third-order valence-corrected chi connectivity index (χ3v) is 10.5. The number of hydrogen-bond donors (Lipinski definition) is 1. The number of rotatable bonds is 6. The quantitative estimate of drug-likeness (QED) is 0.270. The second-order valence-electron chi connectivity index (χ2n) is 18.3. The van der Waals surface area contributed by atoms with Crippen LogP contribution < -0.4 is 9.05 Å². The molecule has 0 fully saturated rings. The van der Waals surface area contributed by atoms with Gasteiger partial charge in [-0.15, -0.1) is 0 Å². The summed E-state index contributed by atoms with van der Waals surface area (Å²) in [6, 6.07) is 14.4. The first-order valence-electron chi connectivity index (χ1n) is 16.7. The SMILES string of the molecule is Cc1cc(C(C)(C)C)c(O)c(C)c1CP(=O)(Oc1ccc(C(C)(C)C)cc1C(C)(C)C)Oc1ccc(C(C)(C)C)cc1C(C)(C)C. The van der Waals surface area contributed by atoms with Crippen molar-refractivity contribution in [3.8, 4) is 17.2 Å². The van der Waals surface area contributed by atoms with Crippen LogP contribution in [0.3, 0.4) is 0 Å². The molecule has 0 spiro atoms. The molecule has 0 aliphatic carbocycles. The minimum absolute atomic E-state index is 0.0118. The predicted octanol–water partition coefficient (Wildman–Crippen LogP) is 12.3. The Kier molecular flexibility index (Phi) is 10.2. The van der Waals surface area contributed by atoms with Crippen LogP contribution >= 0.6 is 7.60 Å². The van der Waals surface area contributed by atoms with Gasteiger partial charge in [-0.05, 0) is 86.4 Å². The zero-order valence-electron chi connectivity index (χ0n) is 31.9. The van der Waals surface area contributed by atoms with E-state index in [2.05, 4.69) is 128 Å². The summed E-state index contributed by atoms with van der Waals surface area (Å²) >= 11 is 0. The van der Waals surface area contributed by atoms with Gasteiger partial charge in [0.05, 0.1) is 6.16 Å². The Morgan fingerprint density at radius 2 is 0.935 bits per heavy atom. The van der Waals surface area contributed by atoms with E-state index in [0.29, 0.717) is 17.1 Å². The number of aryl methyl sites for hydroxylation is 1. The van der Waals surface area contributed by atoms with Crippen molar-refractivity contribution in [2.24, 2.45) is 0 Å². The molecule has 0 aromatic heterocycles. The van der Waals surface area contributed by atoms with Crippen molar-refractivity contribution in [1.82, 2.24) is 0 Å². The van der Waals surface area contributed by atoms with Gasteiger partial charge in [-0.3, -0.25) is 0 Å². The molecule has 254 valence electrons. The van der Waals surface area contributed by atoms with Crippen LogP contribution in [0, 0.1) is 13.8 Å². The molecule has 3 rings (SSSR count). The average molecular weight is 649 g/mol. The van der Waals surface area contributed by atoms with Crippen LogP contribution in [0.5, 0.6) is 17.2 Å². The Balaban J connectivity index is 2.31. The van der Waals surface area contributed by atoms with Crippen LogP contribution in [0.25, 0.3) is 0 Å². The standard InChI is InChI=1S/C41H61O4P/c1-26-22-33(41(15,16)17)36(42)27(2)30(26)25-46(43,44-34-20-18-28(37(3,4)5)23-31(34)39(9,10)11)45-35-21-19-29(38(6,7)8)24-32(35)40(12,13)14/h18-24,42H,25H2,1-17H3. The highest BCUT2D eigenvalue weighted by Gasteiger charge is 2.36. The van der Waals surface area contributed by atoms with Crippen LogP contribution in [-0.2, 0) is 37.8 Å². The van der Waals surface area contributed by atoms with E-state index in [-0.39, 0.29) is 39.0 Å². The lowest BCUT2D eigenvalue weighted by Gasteiger charge is -2.31. The third kappa shape index (κ3) is 8.60. The molecule has 5 heteroatoms. The van der Waals surface area contributed by atoms with E-state index in [1.165, 1.54) is 11.1 Å². The lowest BCUT2D eigenvalue weighted by molar-refractivity contribution is 0.373. The van der Waals surface area contributed by atoms with Crippen molar-refractivity contribution in [2.45, 2.75) is 151 Å². The predicted molar refractivity (Wildman–Crippen MR) is 197 cm³/mol. The smallest absolute Gasteiger partial charge is 0.435 e. The molecular formula is C41H61O4P. The zero-order chi connectivity index (χ0) is 35.4.